The maximum Gasteiger partial charge on any atom is 0.297 e. The Kier molecular flexibility index (Phi) is 4.70. The van der Waals surface area contributed by atoms with E-state index in [0.717, 1.165) is 11.3 Å². The predicted molar refractivity (Wildman–Crippen MR) is 118 cm³/mol. The van der Waals surface area contributed by atoms with E-state index < -0.39 is 5.56 Å². The zero-order valence-corrected chi connectivity index (χ0v) is 18.0. The van der Waals surface area contributed by atoms with Crippen LogP contribution >= 0.6 is 0 Å². The highest BCUT2D eigenvalue weighted by molar-refractivity contribution is 6.00. The second kappa shape index (κ2) is 7.45. The lowest BCUT2D eigenvalue weighted by Gasteiger charge is -2.30. The zero-order chi connectivity index (χ0) is 22.5. The molecule has 0 fully saturated rings. The van der Waals surface area contributed by atoms with Gasteiger partial charge in [0, 0.05) is 17.7 Å². The number of carbonyl (C=O) groups is 1. The lowest BCUT2D eigenvalue weighted by Crippen LogP contribution is -2.32. The quantitative estimate of drug-likeness (QED) is 0.526. The van der Waals surface area contributed by atoms with Crippen molar-refractivity contribution in [2.45, 2.75) is 39.0 Å². The van der Waals surface area contributed by atoms with Crippen molar-refractivity contribution in [3.05, 3.63) is 58.3 Å². The topological polar surface area (TPSA) is 108 Å². The van der Waals surface area contributed by atoms with Crippen molar-refractivity contribution in [2.75, 3.05) is 12.4 Å². The van der Waals surface area contributed by atoms with E-state index in [-0.39, 0.29) is 23.6 Å². The number of fused-ring (bicyclic) bond motifs is 4. The van der Waals surface area contributed by atoms with Gasteiger partial charge in [-0.15, -0.1) is 0 Å². The molecule has 9 nitrogen and oxygen atoms in total. The molecule has 0 bridgehead atoms. The summed E-state index contributed by atoms with van der Waals surface area (Å²) in [6.45, 7) is 4.27. The maximum absolute atomic E-state index is 13.0. The number of anilines is 1. The van der Waals surface area contributed by atoms with Crippen molar-refractivity contribution in [1.29, 1.82) is 0 Å². The lowest BCUT2D eigenvalue weighted by atomic mass is 9.95. The Hall–Kier alpha value is -3.72. The number of benzene rings is 1. The number of rotatable bonds is 4. The van der Waals surface area contributed by atoms with E-state index in [1.54, 1.807) is 31.4 Å². The molecule has 5 rings (SSSR count). The minimum absolute atomic E-state index is 0.0785. The fourth-order valence-corrected chi connectivity index (χ4v) is 3.82. The van der Waals surface area contributed by atoms with Crippen LogP contribution in [0.25, 0.3) is 22.2 Å². The number of pyridine rings is 1. The van der Waals surface area contributed by atoms with Crippen molar-refractivity contribution in [2.24, 2.45) is 0 Å². The standard InChI is InChI=1S/C23H22N4O5/c1-23(2)9-17-13(11-31-23)8-16-19-20(32-21(16)26-17)22(29)27(12-24-19)10-18(28)25-14-4-6-15(30-3)7-5-14/h4-8,12H,9-11H2,1-3H3,(H,25,28). The van der Waals surface area contributed by atoms with Crippen LogP contribution < -0.4 is 15.6 Å². The molecule has 4 aromatic rings. The van der Waals surface area contributed by atoms with Gasteiger partial charge in [0.25, 0.3) is 5.56 Å². The summed E-state index contributed by atoms with van der Waals surface area (Å²) in [5, 5.41) is 3.41. The first kappa shape index (κ1) is 20.2. The number of ether oxygens (including phenoxy) is 2. The number of nitrogens with one attached hydrogen (secondary N) is 1. The molecule has 1 aromatic carbocycles. The van der Waals surface area contributed by atoms with Gasteiger partial charge < -0.3 is 19.2 Å². The Morgan fingerprint density at radius 2 is 2.06 bits per heavy atom. The molecule has 0 saturated heterocycles. The second-order valence-corrected chi connectivity index (χ2v) is 8.41. The lowest BCUT2D eigenvalue weighted by molar-refractivity contribution is -0.116. The minimum Gasteiger partial charge on any atom is -0.497 e. The Balaban J connectivity index is 1.44. The summed E-state index contributed by atoms with van der Waals surface area (Å²) >= 11 is 0. The first-order valence-electron chi connectivity index (χ1n) is 10.2. The number of methoxy groups -OCH3 is 1. The summed E-state index contributed by atoms with van der Waals surface area (Å²) in [7, 11) is 1.57. The van der Waals surface area contributed by atoms with Crippen LogP contribution in [0.15, 0.2) is 45.9 Å². The highest BCUT2D eigenvalue weighted by Crippen LogP contribution is 2.31. The third-order valence-electron chi connectivity index (χ3n) is 5.51. The SMILES string of the molecule is COc1ccc(NC(=O)Cn2cnc3c(oc4nc5c(cc43)COC(C)(C)C5)c2=O)cc1. The van der Waals surface area contributed by atoms with Gasteiger partial charge >= 0.3 is 0 Å². The van der Waals surface area contributed by atoms with Crippen LogP contribution in [0.4, 0.5) is 5.69 Å². The molecule has 1 amide bonds. The van der Waals surface area contributed by atoms with Gasteiger partial charge in [0.15, 0.2) is 0 Å². The fourth-order valence-electron chi connectivity index (χ4n) is 3.82. The third-order valence-corrected chi connectivity index (χ3v) is 5.51. The zero-order valence-electron chi connectivity index (χ0n) is 18.0. The van der Waals surface area contributed by atoms with E-state index in [9.17, 15) is 9.59 Å². The number of hydrogen-bond donors (Lipinski definition) is 1. The smallest absolute Gasteiger partial charge is 0.297 e. The van der Waals surface area contributed by atoms with Crippen molar-refractivity contribution in [3.8, 4) is 5.75 Å². The van der Waals surface area contributed by atoms with Gasteiger partial charge in [-0.1, -0.05) is 0 Å². The number of amides is 1. The van der Waals surface area contributed by atoms with Gasteiger partial charge in [-0.05, 0) is 44.2 Å². The van der Waals surface area contributed by atoms with Gasteiger partial charge in [-0.3, -0.25) is 14.2 Å². The summed E-state index contributed by atoms with van der Waals surface area (Å²) in [6.07, 6.45) is 2.00. The molecule has 0 atom stereocenters. The van der Waals surface area contributed by atoms with Crippen LogP contribution in [-0.2, 0) is 29.1 Å². The maximum atomic E-state index is 13.0. The Morgan fingerprint density at radius 3 is 2.81 bits per heavy atom. The van der Waals surface area contributed by atoms with E-state index in [1.807, 2.05) is 19.9 Å². The largest absolute Gasteiger partial charge is 0.497 e. The summed E-state index contributed by atoms with van der Waals surface area (Å²) in [4.78, 5) is 34.4. The van der Waals surface area contributed by atoms with Crippen LogP contribution in [0.2, 0.25) is 0 Å². The van der Waals surface area contributed by atoms with E-state index >= 15 is 0 Å². The van der Waals surface area contributed by atoms with E-state index in [1.165, 1.54) is 10.9 Å². The summed E-state index contributed by atoms with van der Waals surface area (Å²) in [6, 6.07) is 8.84. The number of nitrogens with zero attached hydrogens (tertiary/aromatic N) is 3. The molecule has 0 aliphatic carbocycles. The van der Waals surface area contributed by atoms with Gasteiger partial charge in [-0.25, -0.2) is 9.97 Å². The van der Waals surface area contributed by atoms with Crippen LogP contribution in [0.3, 0.4) is 0 Å². The summed E-state index contributed by atoms with van der Waals surface area (Å²) < 4.78 is 18.0. The van der Waals surface area contributed by atoms with Crippen LogP contribution in [0.5, 0.6) is 5.75 Å². The normalized spacial score (nSPS) is 15.0. The van der Waals surface area contributed by atoms with E-state index in [0.29, 0.717) is 41.1 Å². The average molecular weight is 434 g/mol. The monoisotopic (exact) mass is 434 g/mol. The molecule has 0 spiro atoms. The molecule has 0 unspecified atom stereocenters. The highest BCUT2D eigenvalue weighted by Gasteiger charge is 2.28. The van der Waals surface area contributed by atoms with Gasteiger partial charge in [0.1, 0.15) is 17.8 Å². The fraction of sp³-hybridized carbons (Fsp3) is 0.304. The van der Waals surface area contributed by atoms with Gasteiger partial charge in [-0.2, -0.15) is 0 Å². The molecule has 9 heteroatoms. The molecular weight excluding hydrogens is 412 g/mol. The molecule has 1 N–H and O–H groups in total. The molecule has 3 aromatic heterocycles. The Labute approximate surface area is 183 Å². The molecular formula is C23H22N4O5. The van der Waals surface area contributed by atoms with Gasteiger partial charge in [0.05, 0.1) is 36.7 Å². The summed E-state index contributed by atoms with van der Waals surface area (Å²) in [5.41, 5.74) is 2.58. The predicted octanol–water partition coefficient (Wildman–Crippen LogP) is 3.04. The molecule has 32 heavy (non-hydrogen) atoms. The van der Waals surface area contributed by atoms with Crippen LogP contribution in [0, 0.1) is 0 Å². The van der Waals surface area contributed by atoms with E-state index in [4.69, 9.17) is 13.9 Å². The van der Waals surface area contributed by atoms with Gasteiger partial charge in [0.2, 0.25) is 17.2 Å². The van der Waals surface area contributed by atoms with Crippen molar-refractivity contribution >= 4 is 33.8 Å². The minimum atomic E-state index is -0.438. The first-order chi connectivity index (χ1) is 15.3. The van der Waals surface area contributed by atoms with Crippen LogP contribution in [0.1, 0.15) is 25.1 Å². The molecule has 1 aliphatic rings. The van der Waals surface area contributed by atoms with Crippen LogP contribution in [-0.4, -0.2) is 33.2 Å². The number of aromatic nitrogens is 3. The molecule has 0 radical (unpaired) electrons. The van der Waals surface area contributed by atoms with E-state index in [2.05, 4.69) is 15.3 Å². The summed E-state index contributed by atoms with van der Waals surface area (Å²) in [5.74, 6) is 0.326. The second-order valence-electron chi connectivity index (χ2n) is 8.41. The molecule has 0 saturated carbocycles. The van der Waals surface area contributed by atoms with Crippen molar-refractivity contribution < 1.29 is 18.7 Å². The number of carbonyl (C=O) groups excluding carboxylic acids is 1. The third kappa shape index (κ3) is 3.60. The number of furan rings is 1. The Bertz CT molecular complexity index is 1400. The Morgan fingerprint density at radius 1 is 1.28 bits per heavy atom. The highest BCUT2D eigenvalue weighted by atomic mass is 16.5. The van der Waals surface area contributed by atoms with Crippen molar-refractivity contribution in [1.82, 2.24) is 14.5 Å². The average Bonchev–Trinajstić information content (AvgIpc) is 3.12. The molecule has 164 valence electrons. The molecule has 4 heterocycles. The first-order valence-corrected chi connectivity index (χ1v) is 10.2. The van der Waals surface area contributed by atoms with Crippen molar-refractivity contribution in [3.63, 3.8) is 0 Å². The number of hydrogen-bond acceptors (Lipinski definition) is 7. The molecule has 1 aliphatic heterocycles.